The molecule has 0 fully saturated rings. The molecule has 0 saturated heterocycles. The van der Waals surface area contributed by atoms with E-state index in [2.05, 4.69) is 39.6 Å². The normalized spacial score (nSPS) is 11.5. The minimum Gasteiger partial charge on any atom is -0.202 e. The average Bonchev–Trinajstić information content (AvgIpc) is 2.76. The van der Waals surface area contributed by atoms with Crippen molar-refractivity contribution >= 4 is 17.0 Å². The largest absolute Gasteiger partial charge is 0.202 e. The third-order valence-electron chi connectivity index (χ3n) is 3.09. The summed E-state index contributed by atoms with van der Waals surface area (Å²) in [6.45, 7) is 3.78. The van der Waals surface area contributed by atoms with Crippen molar-refractivity contribution in [2.24, 2.45) is 5.10 Å². The van der Waals surface area contributed by atoms with Crippen LogP contribution >= 0.6 is 0 Å². The molecule has 4 heteroatoms. The molecular formula is C15H14N4. The van der Waals surface area contributed by atoms with E-state index in [4.69, 9.17) is 0 Å². The lowest BCUT2D eigenvalue weighted by Crippen LogP contribution is -1.96. The standard InChI is InChI=1S/C15H14N4/c1-11-17-18-12(2)19(11)16-10-14-8-5-7-13-6-3-4-9-15(13)14/h3-10H,1-2H3/b16-10-. The maximum Gasteiger partial charge on any atom is 0.151 e. The maximum atomic E-state index is 4.45. The first-order chi connectivity index (χ1) is 9.25. The number of nitrogens with zero attached hydrogens (tertiary/aromatic N) is 4. The second-order valence-corrected chi connectivity index (χ2v) is 4.42. The Bertz CT molecular complexity index is 731. The molecule has 0 N–H and O–H groups in total. The highest BCUT2D eigenvalue weighted by molar-refractivity contribution is 5.99. The van der Waals surface area contributed by atoms with Crippen LogP contribution < -0.4 is 0 Å². The van der Waals surface area contributed by atoms with E-state index >= 15 is 0 Å². The number of aromatic nitrogens is 3. The highest BCUT2D eigenvalue weighted by Crippen LogP contribution is 2.17. The predicted molar refractivity (Wildman–Crippen MR) is 76.4 cm³/mol. The van der Waals surface area contributed by atoms with Gasteiger partial charge in [-0.05, 0) is 24.6 Å². The van der Waals surface area contributed by atoms with Gasteiger partial charge >= 0.3 is 0 Å². The number of hydrogen-bond donors (Lipinski definition) is 0. The SMILES string of the molecule is Cc1nnc(C)n1/N=C\c1cccc2ccccc12. The van der Waals surface area contributed by atoms with Crippen LogP contribution in [0.25, 0.3) is 10.8 Å². The van der Waals surface area contributed by atoms with E-state index < -0.39 is 0 Å². The predicted octanol–water partition coefficient (Wildman–Crippen LogP) is 2.93. The van der Waals surface area contributed by atoms with Gasteiger partial charge in [0.1, 0.15) is 0 Å². The van der Waals surface area contributed by atoms with E-state index in [1.807, 2.05) is 38.3 Å². The Balaban J connectivity index is 2.07. The lowest BCUT2D eigenvalue weighted by molar-refractivity contribution is 0.799. The minimum atomic E-state index is 0.786. The summed E-state index contributed by atoms with van der Waals surface area (Å²) in [6.07, 6.45) is 1.85. The zero-order valence-electron chi connectivity index (χ0n) is 10.9. The first kappa shape index (κ1) is 11.6. The van der Waals surface area contributed by atoms with Gasteiger partial charge < -0.3 is 0 Å². The Labute approximate surface area is 111 Å². The van der Waals surface area contributed by atoms with Crippen molar-refractivity contribution in [1.29, 1.82) is 0 Å². The van der Waals surface area contributed by atoms with Crippen molar-refractivity contribution in [1.82, 2.24) is 14.9 Å². The van der Waals surface area contributed by atoms with Crippen molar-refractivity contribution in [3.05, 3.63) is 59.7 Å². The molecule has 4 nitrogen and oxygen atoms in total. The van der Waals surface area contributed by atoms with Crippen LogP contribution in [0.3, 0.4) is 0 Å². The summed E-state index contributed by atoms with van der Waals surface area (Å²) >= 11 is 0. The first-order valence-corrected chi connectivity index (χ1v) is 6.16. The molecule has 0 amide bonds. The van der Waals surface area contributed by atoms with Crippen molar-refractivity contribution < 1.29 is 0 Å². The minimum absolute atomic E-state index is 0.786. The summed E-state index contributed by atoms with van der Waals surface area (Å²) in [5, 5.41) is 14.8. The highest BCUT2D eigenvalue weighted by atomic mass is 15.4. The highest BCUT2D eigenvalue weighted by Gasteiger charge is 2.02. The van der Waals surface area contributed by atoms with Gasteiger partial charge in [0.25, 0.3) is 0 Å². The molecule has 1 aromatic heterocycles. The fourth-order valence-electron chi connectivity index (χ4n) is 2.11. The van der Waals surface area contributed by atoms with Crippen molar-refractivity contribution in [3.63, 3.8) is 0 Å². The van der Waals surface area contributed by atoms with Gasteiger partial charge in [-0.3, -0.25) is 0 Å². The Hall–Kier alpha value is -2.49. The Morgan fingerprint density at radius 3 is 2.42 bits per heavy atom. The maximum absolute atomic E-state index is 4.45. The fourth-order valence-corrected chi connectivity index (χ4v) is 2.11. The zero-order chi connectivity index (χ0) is 13.2. The number of benzene rings is 2. The molecule has 0 aliphatic heterocycles. The molecule has 1 heterocycles. The molecule has 0 aliphatic rings. The van der Waals surface area contributed by atoms with Crippen LogP contribution in [-0.2, 0) is 0 Å². The van der Waals surface area contributed by atoms with E-state index in [-0.39, 0.29) is 0 Å². The Morgan fingerprint density at radius 1 is 0.947 bits per heavy atom. The summed E-state index contributed by atoms with van der Waals surface area (Å²) in [4.78, 5) is 0. The molecule has 2 aromatic carbocycles. The first-order valence-electron chi connectivity index (χ1n) is 6.16. The Morgan fingerprint density at radius 2 is 1.63 bits per heavy atom. The van der Waals surface area contributed by atoms with Crippen LogP contribution in [0.4, 0.5) is 0 Å². The molecule has 0 saturated carbocycles. The topological polar surface area (TPSA) is 43.1 Å². The average molecular weight is 250 g/mol. The number of rotatable bonds is 2. The summed E-state index contributed by atoms with van der Waals surface area (Å²) in [7, 11) is 0. The smallest absolute Gasteiger partial charge is 0.151 e. The van der Waals surface area contributed by atoms with Crippen LogP contribution in [0.1, 0.15) is 17.2 Å². The molecule has 19 heavy (non-hydrogen) atoms. The van der Waals surface area contributed by atoms with Gasteiger partial charge in [-0.15, -0.1) is 10.2 Å². The summed E-state index contributed by atoms with van der Waals surface area (Å²) in [5.74, 6) is 1.57. The number of fused-ring (bicyclic) bond motifs is 1. The molecule has 3 rings (SSSR count). The van der Waals surface area contributed by atoms with Crippen molar-refractivity contribution in [2.75, 3.05) is 0 Å². The van der Waals surface area contributed by atoms with E-state index in [0.29, 0.717) is 0 Å². The van der Waals surface area contributed by atoms with Gasteiger partial charge in [0, 0.05) is 5.56 Å². The summed E-state index contributed by atoms with van der Waals surface area (Å²) in [5.41, 5.74) is 1.09. The molecule has 0 aliphatic carbocycles. The van der Waals surface area contributed by atoms with E-state index in [0.717, 1.165) is 17.2 Å². The molecule has 0 bridgehead atoms. The lowest BCUT2D eigenvalue weighted by Gasteiger charge is -2.02. The second kappa shape index (κ2) is 4.65. The van der Waals surface area contributed by atoms with Crippen LogP contribution in [0.2, 0.25) is 0 Å². The molecular weight excluding hydrogens is 236 g/mol. The molecule has 0 spiro atoms. The molecule has 0 unspecified atom stereocenters. The van der Waals surface area contributed by atoms with Crippen LogP contribution in [0.5, 0.6) is 0 Å². The van der Waals surface area contributed by atoms with E-state index in [9.17, 15) is 0 Å². The van der Waals surface area contributed by atoms with Gasteiger partial charge in [0.2, 0.25) is 0 Å². The summed E-state index contributed by atoms with van der Waals surface area (Å²) < 4.78 is 1.74. The van der Waals surface area contributed by atoms with Crippen LogP contribution in [-0.4, -0.2) is 21.1 Å². The van der Waals surface area contributed by atoms with Gasteiger partial charge in [0.05, 0.1) is 6.21 Å². The van der Waals surface area contributed by atoms with E-state index in [1.54, 1.807) is 4.68 Å². The third-order valence-corrected chi connectivity index (χ3v) is 3.09. The van der Waals surface area contributed by atoms with Crippen molar-refractivity contribution in [2.45, 2.75) is 13.8 Å². The lowest BCUT2D eigenvalue weighted by atomic mass is 10.1. The fraction of sp³-hybridized carbons (Fsp3) is 0.133. The molecule has 0 atom stereocenters. The molecule has 0 radical (unpaired) electrons. The van der Waals surface area contributed by atoms with Gasteiger partial charge in [-0.1, -0.05) is 42.5 Å². The van der Waals surface area contributed by atoms with Crippen molar-refractivity contribution in [3.8, 4) is 0 Å². The van der Waals surface area contributed by atoms with Gasteiger partial charge in [-0.2, -0.15) is 5.10 Å². The molecule has 94 valence electrons. The van der Waals surface area contributed by atoms with Gasteiger partial charge in [-0.25, -0.2) is 4.68 Å². The van der Waals surface area contributed by atoms with Crippen LogP contribution in [0, 0.1) is 13.8 Å². The second-order valence-electron chi connectivity index (χ2n) is 4.42. The zero-order valence-corrected chi connectivity index (χ0v) is 10.9. The quantitative estimate of drug-likeness (QED) is 0.656. The monoisotopic (exact) mass is 250 g/mol. The number of aryl methyl sites for hydroxylation is 2. The van der Waals surface area contributed by atoms with Crippen LogP contribution in [0.15, 0.2) is 47.6 Å². The molecule has 3 aromatic rings. The summed E-state index contributed by atoms with van der Waals surface area (Å²) in [6, 6.07) is 14.5. The van der Waals surface area contributed by atoms with Gasteiger partial charge in [0.15, 0.2) is 11.6 Å². The third kappa shape index (κ3) is 2.12. The number of hydrogen-bond acceptors (Lipinski definition) is 3. The Kier molecular flexibility index (Phi) is 2.83. The van der Waals surface area contributed by atoms with E-state index in [1.165, 1.54) is 10.8 Å².